The fourth-order valence-corrected chi connectivity index (χ4v) is 1.87. The summed E-state index contributed by atoms with van der Waals surface area (Å²) in [4.78, 5) is 0. The normalized spacial score (nSPS) is 14.7. The third kappa shape index (κ3) is 5.07. The van der Waals surface area contributed by atoms with Gasteiger partial charge < -0.3 is 15.2 Å². The Labute approximate surface area is 109 Å². The molecule has 1 aromatic rings. The minimum absolute atomic E-state index is 0.557. The second kappa shape index (κ2) is 7.39. The van der Waals surface area contributed by atoms with E-state index in [4.69, 9.17) is 15.2 Å². The molecule has 2 rings (SSSR count). The Morgan fingerprint density at radius 2 is 2.06 bits per heavy atom. The van der Waals surface area contributed by atoms with E-state index in [9.17, 15) is 0 Å². The van der Waals surface area contributed by atoms with Crippen molar-refractivity contribution in [3.63, 3.8) is 0 Å². The van der Waals surface area contributed by atoms with Gasteiger partial charge in [0.1, 0.15) is 5.75 Å². The van der Waals surface area contributed by atoms with Gasteiger partial charge in [-0.15, -0.1) is 0 Å². The second-order valence-corrected chi connectivity index (χ2v) is 4.90. The molecule has 1 saturated carbocycles. The van der Waals surface area contributed by atoms with Crippen LogP contribution in [0.1, 0.15) is 31.2 Å². The molecular weight excluding hydrogens is 226 g/mol. The van der Waals surface area contributed by atoms with Gasteiger partial charge in [0.2, 0.25) is 0 Å². The summed E-state index contributed by atoms with van der Waals surface area (Å²) in [5.41, 5.74) is 6.69. The summed E-state index contributed by atoms with van der Waals surface area (Å²) in [5, 5.41) is 0. The highest BCUT2D eigenvalue weighted by Gasteiger charge is 2.20. The number of nitrogens with two attached hydrogens (primary N) is 1. The topological polar surface area (TPSA) is 44.5 Å². The van der Waals surface area contributed by atoms with Crippen molar-refractivity contribution >= 4 is 0 Å². The molecule has 0 unspecified atom stereocenters. The molecule has 0 amide bonds. The maximum atomic E-state index is 5.65. The van der Waals surface area contributed by atoms with Crippen molar-refractivity contribution in [3.05, 3.63) is 29.8 Å². The van der Waals surface area contributed by atoms with Crippen LogP contribution in [0.25, 0.3) is 0 Å². The Balaban J connectivity index is 1.51. The fourth-order valence-electron chi connectivity index (χ4n) is 1.87. The number of benzene rings is 1. The van der Waals surface area contributed by atoms with Crippen molar-refractivity contribution in [3.8, 4) is 5.75 Å². The van der Waals surface area contributed by atoms with Gasteiger partial charge in [-0.2, -0.15) is 0 Å². The minimum Gasteiger partial charge on any atom is -0.493 e. The molecule has 3 nitrogen and oxygen atoms in total. The average molecular weight is 249 g/mol. The first kappa shape index (κ1) is 13.4. The van der Waals surface area contributed by atoms with Crippen LogP contribution in [0.15, 0.2) is 24.3 Å². The minimum atomic E-state index is 0.557. The standard InChI is InChI=1S/C15H23NO2/c16-12-14-3-1-4-15(11-14)18-9-2-8-17-10-7-13-5-6-13/h1,3-4,11,13H,2,5-10,12,16H2. The van der Waals surface area contributed by atoms with E-state index in [-0.39, 0.29) is 0 Å². The van der Waals surface area contributed by atoms with Crippen molar-refractivity contribution in [2.75, 3.05) is 19.8 Å². The van der Waals surface area contributed by atoms with E-state index in [1.807, 2.05) is 24.3 Å². The first-order valence-corrected chi connectivity index (χ1v) is 6.88. The van der Waals surface area contributed by atoms with E-state index in [1.54, 1.807) is 0 Å². The Hall–Kier alpha value is -1.06. The van der Waals surface area contributed by atoms with E-state index in [2.05, 4.69) is 0 Å². The van der Waals surface area contributed by atoms with Gasteiger partial charge in [-0.25, -0.2) is 0 Å². The summed E-state index contributed by atoms with van der Waals surface area (Å²) in [5.74, 6) is 1.86. The van der Waals surface area contributed by atoms with E-state index in [0.29, 0.717) is 13.2 Å². The van der Waals surface area contributed by atoms with Gasteiger partial charge in [-0.1, -0.05) is 25.0 Å². The van der Waals surface area contributed by atoms with Gasteiger partial charge in [0.15, 0.2) is 0 Å². The van der Waals surface area contributed by atoms with E-state index >= 15 is 0 Å². The predicted molar refractivity (Wildman–Crippen MR) is 72.6 cm³/mol. The molecule has 1 aliphatic carbocycles. The van der Waals surface area contributed by atoms with Gasteiger partial charge in [0.05, 0.1) is 6.61 Å². The van der Waals surface area contributed by atoms with Crippen molar-refractivity contribution < 1.29 is 9.47 Å². The number of rotatable bonds is 9. The SMILES string of the molecule is NCc1cccc(OCCCOCCC2CC2)c1. The summed E-state index contributed by atoms with van der Waals surface area (Å²) in [6.07, 6.45) is 4.99. The largest absolute Gasteiger partial charge is 0.493 e. The summed E-state index contributed by atoms with van der Waals surface area (Å²) in [7, 11) is 0. The highest BCUT2D eigenvalue weighted by Crippen LogP contribution is 2.32. The van der Waals surface area contributed by atoms with Gasteiger partial charge in [0, 0.05) is 26.2 Å². The number of hydrogen-bond acceptors (Lipinski definition) is 3. The van der Waals surface area contributed by atoms with Crippen molar-refractivity contribution in [1.29, 1.82) is 0 Å². The van der Waals surface area contributed by atoms with Crippen molar-refractivity contribution in [1.82, 2.24) is 0 Å². The summed E-state index contributed by atoms with van der Waals surface area (Å²) in [6.45, 7) is 2.97. The predicted octanol–water partition coefficient (Wildman–Crippen LogP) is 2.73. The lowest BCUT2D eigenvalue weighted by Crippen LogP contribution is -2.05. The zero-order valence-electron chi connectivity index (χ0n) is 10.9. The molecule has 0 radical (unpaired) electrons. The van der Waals surface area contributed by atoms with Crippen LogP contribution in [0, 0.1) is 5.92 Å². The Kier molecular flexibility index (Phi) is 5.49. The third-order valence-corrected chi connectivity index (χ3v) is 3.20. The van der Waals surface area contributed by atoms with Crippen LogP contribution in [0.3, 0.4) is 0 Å². The van der Waals surface area contributed by atoms with E-state index < -0.39 is 0 Å². The van der Waals surface area contributed by atoms with E-state index in [0.717, 1.165) is 36.9 Å². The van der Waals surface area contributed by atoms with E-state index in [1.165, 1.54) is 19.3 Å². The lowest BCUT2D eigenvalue weighted by atomic mass is 10.2. The first-order chi connectivity index (χ1) is 8.88. The van der Waals surface area contributed by atoms with Crippen LogP contribution >= 0.6 is 0 Å². The van der Waals surface area contributed by atoms with Crippen LogP contribution in [-0.4, -0.2) is 19.8 Å². The molecule has 100 valence electrons. The van der Waals surface area contributed by atoms with Crippen molar-refractivity contribution in [2.45, 2.75) is 32.2 Å². The Morgan fingerprint density at radius 3 is 2.83 bits per heavy atom. The summed E-state index contributed by atoms with van der Waals surface area (Å²) >= 11 is 0. The highest BCUT2D eigenvalue weighted by molar-refractivity contribution is 5.28. The molecule has 3 heteroatoms. The molecule has 0 saturated heterocycles. The summed E-state index contributed by atoms with van der Waals surface area (Å²) < 4.78 is 11.2. The molecule has 2 N–H and O–H groups in total. The second-order valence-electron chi connectivity index (χ2n) is 4.90. The van der Waals surface area contributed by atoms with Crippen LogP contribution in [0.4, 0.5) is 0 Å². The lowest BCUT2D eigenvalue weighted by Gasteiger charge is -2.08. The number of hydrogen-bond donors (Lipinski definition) is 1. The van der Waals surface area contributed by atoms with Gasteiger partial charge in [0.25, 0.3) is 0 Å². The molecule has 0 atom stereocenters. The smallest absolute Gasteiger partial charge is 0.119 e. The Morgan fingerprint density at radius 1 is 1.17 bits per heavy atom. The highest BCUT2D eigenvalue weighted by atomic mass is 16.5. The molecule has 0 aromatic heterocycles. The Bertz CT molecular complexity index is 350. The maximum Gasteiger partial charge on any atom is 0.119 e. The van der Waals surface area contributed by atoms with Crippen molar-refractivity contribution in [2.24, 2.45) is 11.7 Å². The van der Waals surface area contributed by atoms with Crippen LogP contribution in [0.2, 0.25) is 0 Å². The maximum absolute atomic E-state index is 5.65. The van der Waals surface area contributed by atoms with Gasteiger partial charge in [-0.05, 0) is 30.0 Å². The monoisotopic (exact) mass is 249 g/mol. The van der Waals surface area contributed by atoms with Gasteiger partial charge >= 0.3 is 0 Å². The summed E-state index contributed by atoms with van der Waals surface area (Å²) in [6, 6.07) is 7.94. The number of ether oxygens (including phenoxy) is 2. The fraction of sp³-hybridized carbons (Fsp3) is 0.600. The quantitative estimate of drug-likeness (QED) is 0.684. The molecule has 0 heterocycles. The zero-order valence-corrected chi connectivity index (χ0v) is 10.9. The molecule has 0 spiro atoms. The molecule has 1 aromatic carbocycles. The first-order valence-electron chi connectivity index (χ1n) is 6.88. The van der Waals surface area contributed by atoms with Crippen LogP contribution < -0.4 is 10.5 Å². The third-order valence-electron chi connectivity index (χ3n) is 3.20. The van der Waals surface area contributed by atoms with Crippen LogP contribution in [0.5, 0.6) is 5.75 Å². The van der Waals surface area contributed by atoms with Crippen LogP contribution in [-0.2, 0) is 11.3 Å². The lowest BCUT2D eigenvalue weighted by molar-refractivity contribution is 0.114. The molecular formula is C15H23NO2. The molecule has 1 aliphatic rings. The molecule has 0 bridgehead atoms. The average Bonchev–Trinajstić information content (AvgIpc) is 3.22. The zero-order chi connectivity index (χ0) is 12.6. The van der Waals surface area contributed by atoms with Gasteiger partial charge in [-0.3, -0.25) is 0 Å². The molecule has 18 heavy (non-hydrogen) atoms. The molecule has 1 fully saturated rings. The molecule has 0 aliphatic heterocycles.